The number of hydrogen-bond donors (Lipinski definition) is 3. The highest BCUT2D eigenvalue weighted by atomic mass is 32.1. The van der Waals surface area contributed by atoms with Gasteiger partial charge in [-0.1, -0.05) is 32.1 Å². The third-order valence-corrected chi connectivity index (χ3v) is 8.25. The van der Waals surface area contributed by atoms with E-state index in [0.717, 1.165) is 22.6 Å². The van der Waals surface area contributed by atoms with Gasteiger partial charge in [0.1, 0.15) is 11.6 Å². The summed E-state index contributed by atoms with van der Waals surface area (Å²) in [5.74, 6) is 0.952. The zero-order chi connectivity index (χ0) is 33.1. The quantitative estimate of drug-likeness (QED) is 0.169. The molecule has 47 heavy (non-hydrogen) atoms. The maximum absolute atomic E-state index is 13.0. The molecule has 3 aromatic heterocycles. The minimum Gasteiger partial charge on any atom is -0.424 e. The van der Waals surface area contributed by atoms with Crippen LogP contribution in [0.2, 0.25) is 0 Å². The summed E-state index contributed by atoms with van der Waals surface area (Å²) in [7, 11) is 0. The van der Waals surface area contributed by atoms with Crippen LogP contribution >= 0.6 is 11.3 Å². The predicted molar refractivity (Wildman–Crippen MR) is 180 cm³/mol. The number of nitrogens with one attached hydrogen (secondary N) is 3. The van der Waals surface area contributed by atoms with Gasteiger partial charge in [0, 0.05) is 43.3 Å². The van der Waals surface area contributed by atoms with Gasteiger partial charge in [-0.05, 0) is 60.5 Å². The highest BCUT2D eigenvalue weighted by molar-refractivity contribution is 7.19. The van der Waals surface area contributed by atoms with E-state index in [1.165, 1.54) is 30.7 Å². The number of aromatic nitrogens is 5. The first kappa shape index (κ1) is 31.4. The lowest BCUT2D eigenvalue weighted by Gasteiger charge is -2.14. The van der Waals surface area contributed by atoms with E-state index in [9.17, 15) is 14.4 Å². The van der Waals surface area contributed by atoms with Crippen LogP contribution in [-0.2, 0) is 15.0 Å². The van der Waals surface area contributed by atoms with Crippen LogP contribution in [-0.4, -0.2) is 49.1 Å². The summed E-state index contributed by atoms with van der Waals surface area (Å²) in [6.07, 6.45) is 6.10. The Balaban J connectivity index is 1.08. The first-order valence-electron chi connectivity index (χ1n) is 14.9. The van der Waals surface area contributed by atoms with Crippen molar-refractivity contribution in [2.75, 3.05) is 27.4 Å². The highest BCUT2D eigenvalue weighted by Crippen LogP contribution is 2.34. The van der Waals surface area contributed by atoms with E-state index in [4.69, 9.17) is 9.84 Å². The normalized spacial score (nSPS) is 13.0. The Labute approximate surface area is 275 Å². The molecule has 1 aliphatic heterocycles. The zero-order valence-electron chi connectivity index (χ0n) is 26.3. The Morgan fingerprint density at radius 2 is 1.62 bits per heavy atom. The molecule has 0 saturated carbocycles. The maximum Gasteiger partial charge on any atom is 0.324 e. The molecule has 1 fully saturated rings. The van der Waals surface area contributed by atoms with E-state index in [1.807, 2.05) is 51.1 Å². The van der Waals surface area contributed by atoms with E-state index >= 15 is 0 Å². The van der Waals surface area contributed by atoms with Crippen LogP contribution in [0.4, 0.5) is 27.1 Å². The number of anilines is 4. The molecule has 2 aromatic carbocycles. The van der Waals surface area contributed by atoms with Gasteiger partial charge in [0.15, 0.2) is 5.13 Å². The van der Waals surface area contributed by atoms with Crippen molar-refractivity contribution in [2.45, 2.75) is 46.0 Å². The van der Waals surface area contributed by atoms with E-state index in [-0.39, 0.29) is 23.2 Å². The number of ether oxygens (including phenoxy) is 1. The van der Waals surface area contributed by atoms with Gasteiger partial charge in [0.2, 0.25) is 11.8 Å². The molecule has 0 aliphatic carbocycles. The van der Waals surface area contributed by atoms with Gasteiger partial charge >= 0.3 is 12.0 Å². The van der Waals surface area contributed by atoms with E-state index in [1.54, 1.807) is 40.0 Å². The van der Waals surface area contributed by atoms with E-state index in [0.29, 0.717) is 46.7 Å². The van der Waals surface area contributed by atoms with Gasteiger partial charge in [-0.2, -0.15) is 5.10 Å². The average molecular weight is 652 g/mol. The molecule has 0 bridgehead atoms. The molecule has 1 saturated heterocycles. The van der Waals surface area contributed by atoms with E-state index < -0.39 is 6.03 Å². The number of carbonyl (C=O) groups excluding carboxylic acids is 3. The highest BCUT2D eigenvalue weighted by Gasteiger charge is 2.25. The van der Waals surface area contributed by atoms with Crippen molar-refractivity contribution in [1.29, 1.82) is 0 Å². The SMILES string of the molecule is CC(=O)Nc1ccc(-n2nc(C(C)(C)C)cc2NC(=O)Nc2cnc(Oc3ccc(-c4cnc(N5CCCC5=O)s4)cc3)nc2)cc1. The minimum atomic E-state index is -0.505. The van der Waals surface area contributed by atoms with Crippen LogP contribution < -0.4 is 25.6 Å². The standard InChI is InChI=1S/C33H33N9O4S/c1-20(43)37-22-9-11-24(12-10-22)42-28(16-27(40-42)33(2,3)4)39-30(45)38-23-17-34-31(35-18-23)46-25-13-7-21(8-14-25)26-19-36-32(47-26)41-15-5-6-29(41)44/h7-14,16-19H,5-6,15H2,1-4H3,(H,37,43)(H2,38,39,45). The second-order valence-electron chi connectivity index (χ2n) is 11.9. The zero-order valence-corrected chi connectivity index (χ0v) is 27.1. The summed E-state index contributed by atoms with van der Waals surface area (Å²) in [6.45, 7) is 8.26. The van der Waals surface area contributed by atoms with Crippen molar-refractivity contribution in [3.8, 4) is 27.9 Å². The fraction of sp³-hybridized carbons (Fsp3) is 0.242. The molecule has 3 N–H and O–H groups in total. The minimum absolute atomic E-state index is 0.113. The summed E-state index contributed by atoms with van der Waals surface area (Å²) in [4.78, 5) is 52.0. The summed E-state index contributed by atoms with van der Waals surface area (Å²) < 4.78 is 7.44. The van der Waals surface area contributed by atoms with Crippen molar-refractivity contribution in [1.82, 2.24) is 24.7 Å². The van der Waals surface area contributed by atoms with Gasteiger partial charge in [0.05, 0.1) is 34.3 Å². The fourth-order valence-corrected chi connectivity index (χ4v) is 5.77. The Morgan fingerprint density at radius 1 is 0.894 bits per heavy atom. The molecule has 14 heteroatoms. The second-order valence-corrected chi connectivity index (χ2v) is 12.9. The maximum atomic E-state index is 13.0. The number of hydrogen-bond acceptors (Lipinski definition) is 9. The van der Waals surface area contributed by atoms with Crippen molar-refractivity contribution in [3.63, 3.8) is 0 Å². The third-order valence-electron chi connectivity index (χ3n) is 7.18. The van der Waals surface area contributed by atoms with Crippen molar-refractivity contribution in [3.05, 3.63) is 78.9 Å². The first-order chi connectivity index (χ1) is 22.5. The second kappa shape index (κ2) is 13.0. The smallest absolute Gasteiger partial charge is 0.324 e. The summed E-state index contributed by atoms with van der Waals surface area (Å²) >= 11 is 1.48. The van der Waals surface area contributed by atoms with Crippen molar-refractivity contribution < 1.29 is 19.1 Å². The summed E-state index contributed by atoms with van der Waals surface area (Å²) in [5.41, 5.74) is 3.20. The molecule has 6 rings (SSSR count). The Bertz CT molecular complexity index is 1910. The molecular weight excluding hydrogens is 618 g/mol. The molecule has 4 amide bonds. The van der Waals surface area contributed by atoms with Crippen LogP contribution in [0.5, 0.6) is 11.8 Å². The number of nitrogens with zero attached hydrogens (tertiary/aromatic N) is 6. The lowest BCUT2D eigenvalue weighted by Crippen LogP contribution is -2.23. The number of benzene rings is 2. The molecule has 4 heterocycles. The molecule has 1 aliphatic rings. The van der Waals surface area contributed by atoms with Crippen LogP contribution in [0.3, 0.4) is 0 Å². The van der Waals surface area contributed by atoms with Crippen LogP contribution in [0, 0.1) is 0 Å². The average Bonchev–Trinajstić information content (AvgIpc) is 3.79. The monoisotopic (exact) mass is 651 g/mol. The summed E-state index contributed by atoms with van der Waals surface area (Å²) in [5, 5.41) is 13.8. The first-order valence-corrected chi connectivity index (χ1v) is 15.8. The Kier molecular flexibility index (Phi) is 8.68. The fourth-order valence-electron chi connectivity index (χ4n) is 4.80. The number of urea groups is 1. The number of carbonyl (C=O) groups is 3. The lowest BCUT2D eigenvalue weighted by molar-refractivity contribution is -0.117. The molecule has 0 radical (unpaired) electrons. The number of rotatable bonds is 8. The lowest BCUT2D eigenvalue weighted by atomic mass is 9.92. The van der Waals surface area contributed by atoms with Crippen molar-refractivity contribution in [2.24, 2.45) is 0 Å². The number of thiazole rings is 1. The van der Waals surface area contributed by atoms with E-state index in [2.05, 4.69) is 30.9 Å². The van der Waals surface area contributed by atoms with Gasteiger partial charge in [-0.3, -0.25) is 19.8 Å². The molecule has 0 spiro atoms. The number of amides is 4. The van der Waals surface area contributed by atoms with Crippen LogP contribution in [0.15, 0.2) is 73.2 Å². The van der Waals surface area contributed by atoms with Gasteiger partial charge in [-0.15, -0.1) is 0 Å². The largest absolute Gasteiger partial charge is 0.424 e. The Hall–Kier alpha value is -5.63. The molecular formula is C33H33N9O4S. The topological polar surface area (TPSA) is 156 Å². The van der Waals surface area contributed by atoms with Crippen LogP contribution in [0.25, 0.3) is 16.1 Å². The molecule has 5 aromatic rings. The molecule has 13 nitrogen and oxygen atoms in total. The predicted octanol–water partition coefficient (Wildman–Crippen LogP) is 6.60. The van der Waals surface area contributed by atoms with Gasteiger partial charge in [-0.25, -0.2) is 24.4 Å². The van der Waals surface area contributed by atoms with Gasteiger partial charge < -0.3 is 15.4 Å². The summed E-state index contributed by atoms with van der Waals surface area (Å²) in [6, 6.07) is 16.0. The Morgan fingerprint density at radius 3 is 2.26 bits per heavy atom. The molecule has 240 valence electrons. The molecule has 0 unspecified atom stereocenters. The molecule has 0 atom stereocenters. The van der Waals surface area contributed by atoms with Crippen LogP contribution in [0.1, 0.15) is 46.2 Å². The van der Waals surface area contributed by atoms with Gasteiger partial charge in [0.25, 0.3) is 0 Å². The van der Waals surface area contributed by atoms with Crippen molar-refractivity contribution >= 4 is 51.5 Å². The third kappa shape index (κ3) is 7.44.